The standard InChI is InChI=1S/C10H19NO2/c12-6-10(7-13)8-2-1-3-9(10)5-11-4-8/h8-9,11-13H,1-7H2. The van der Waals surface area contributed by atoms with Crippen LogP contribution in [0.4, 0.5) is 0 Å². The zero-order valence-corrected chi connectivity index (χ0v) is 8.00. The van der Waals surface area contributed by atoms with E-state index < -0.39 is 0 Å². The Bertz CT molecular complexity index is 156. The second-order valence-electron chi connectivity index (χ2n) is 4.53. The summed E-state index contributed by atoms with van der Waals surface area (Å²) in [4.78, 5) is 0. The fourth-order valence-corrected chi connectivity index (χ4v) is 3.13. The predicted molar refractivity (Wildman–Crippen MR) is 50.3 cm³/mol. The molecule has 2 bridgehead atoms. The molecule has 1 aliphatic carbocycles. The Labute approximate surface area is 79.2 Å². The van der Waals surface area contributed by atoms with Crippen LogP contribution in [-0.2, 0) is 0 Å². The largest absolute Gasteiger partial charge is 0.396 e. The Kier molecular flexibility index (Phi) is 2.58. The fraction of sp³-hybridized carbons (Fsp3) is 1.00. The Morgan fingerprint density at radius 2 is 1.62 bits per heavy atom. The van der Waals surface area contributed by atoms with E-state index in [0.717, 1.165) is 25.9 Å². The van der Waals surface area contributed by atoms with Crippen LogP contribution < -0.4 is 5.32 Å². The molecule has 0 aromatic heterocycles. The first kappa shape index (κ1) is 9.44. The summed E-state index contributed by atoms with van der Waals surface area (Å²) in [5, 5.41) is 22.3. The van der Waals surface area contributed by atoms with E-state index in [1.165, 1.54) is 6.42 Å². The third kappa shape index (κ3) is 1.30. The van der Waals surface area contributed by atoms with Gasteiger partial charge in [-0.2, -0.15) is 0 Å². The number of fused-ring (bicyclic) bond motifs is 2. The molecule has 0 radical (unpaired) electrons. The lowest BCUT2D eigenvalue weighted by molar-refractivity contribution is -0.0855. The van der Waals surface area contributed by atoms with E-state index >= 15 is 0 Å². The summed E-state index contributed by atoms with van der Waals surface area (Å²) in [6.07, 6.45) is 3.58. The first-order valence-electron chi connectivity index (χ1n) is 5.26. The van der Waals surface area contributed by atoms with Gasteiger partial charge < -0.3 is 15.5 Å². The summed E-state index contributed by atoms with van der Waals surface area (Å²) in [6, 6.07) is 0. The number of hydrogen-bond acceptors (Lipinski definition) is 3. The Morgan fingerprint density at radius 1 is 1.08 bits per heavy atom. The Balaban J connectivity index is 2.22. The van der Waals surface area contributed by atoms with Gasteiger partial charge in [-0.1, -0.05) is 6.42 Å². The maximum atomic E-state index is 9.46. The molecule has 0 aromatic rings. The third-order valence-electron chi connectivity index (χ3n) is 4.10. The first-order chi connectivity index (χ1) is 6.33. The van der Waals surface area contributed by atoms with Crippen molar-refractivity contribution in [2.45, 2.75) is 19.3 Å². The summed E-state index contributed by atoms with van der Waals surface area (Å²) in [6.45, 7) is 2.25. The van der Waals surface area contributed by atoms with Gasteiger partial charge in [-0.15, -0.1) is 0 Å². The highest BCUT2D eigenvalue weighted by atomic mass is 16.3. The van der Waals surface area contributed by atoms with Gasteiger partial charge in [-0.05, 0) is 37.8 Å². The summed E-state index contributed by atoms with van der Waals surface area (Å²) in [5.41, 5.74) is -0.177. The van der Waals surface area contributed by atoms with Crippen LogP contribution in [0.1, 0.15) is 19.3 Å². The van der Waals surface area contributed by atoms with Crippen LogP contribution in [0.3, 0.4) is 0 Å². The minimum Gasteiger partial charge on any atom is -0.396 e. The van der Waals surface area contributed by atoms with Gasteiger partial charge in [-0.25, -0.2) is 0 Å². The summed E-state index contributed by atoms with van der Waals surface area (Å²) in [5.74, 6) is 0.963. The fourth-order valence-electron chi connectivity index (χ4n) is 3.13. The molecular weight excluding hydrogens is 166 g/mol. The smallest absolute Gasteiger partial charge is 0.0515 e. The summed E-state index contributed by atoms with van der Waals surface area (Å²) in [7, 11) is 0. The number of rotatable bonds is 2. The lowest BCUT2D eigenvalue weighted by atomic mass is 9.59. The molecule has 3 nitrogen and oxygen atoms in total. The lowest BCUT2D eigenvalue weighted by Crippen LogP contribution is -2.57. The maximum absolute atomic E-state index is 9.46. The number of aliphatic hydroxyl groups excluding tert-OH is 2. The van der Waals surface area contributed by atoms with E-state index in [4.69, 9.17) is 0 Å². The second-order valence-corrected chi connectivity index (χ2v) is 4.53. The van der Waals surface area contributed by atoms with Crippen molar-refractivity contribution < 1.29 is 10.2 Å². The Hall–Kier alpha value is -0.120. The van der Waals surface area contributed by atoms with E-state index in [0.29, 0.717) is 11.8 Å². The van der Waals surface area contributed by atoms with Gasteiger partial charge in [0, 0.05) is 5.41 Å². The third-order valence-corrected chi connectivity index (χ3v) is 4.10. The second kappa shape index (κ2) is 3.56. The van der Waals surface area contributed by atoms with Crippen LogP contribution in [0.5, 0.6) is 0 Å². The maximum Gasteiger partial charge on any atom is 0.0515 e. The average Bonchev–Trinajstić information content (AvgIpc) is 2.16. The molecule has 0 amide bonds. The van der Waals surface area contributed by atoms with Crippen molar-refractivity contribution in [2.75, 3.05) is 26.3 Å². The number of nitrogens with one attached hydrogen (secondary N) is 1. The van der Waals surface area contributed by atoms with Crippen molar-refractivity contribution in [3.8, 4) is 0 Å². The highest BCUT2D eigenvalue weighted by Gasteiger charge is 2.48. The van der Waals surface area contributed by atoms with Gasteiger partial charge in [0.15, 0.2) is 0 Å². The molecule has 2 aliphatic rings. The van der Waals surface area contributed by atoms with Crippen molar-refractivity contribution >= 4 is 0 Å². The molecule has 13 heavy (non-hydrogen) atoms. The minimum atomic E-state index is -0.177. The highest BCUT2D eigenvalue weighted by Crippen LogP contribution is 2.46. The molecule has 76 valence electrons. The van der Waals surface area contributed by atoms with E-state index in [1.54, 1.807) is 0 Å². The molecule has 1 aliphatic heterocycles. The van der Waals surface area contributed by atoms with Crippen molar-refractivity contribution in [3.05, 3.63) is 0 Å². The van der Waals surface area contributed by atoms with Crippen molar-refractivity contribution in [3.63, 3.8) is 0 Å². The minimum absolute atomic E-state index is 0.153. The van der Waals surface area contributed by atoms with Gasteiger partial charge in [0.05, 0.1) is 13.2 Å². The molecule has 2 atom stereocenters. The molecule has 0 aromatic carbocycles. The molecule has 2 rings (SSSR count). The van der Waals surface area contributed by atoms with Crippen molar-refractivity contribution in [1.82, 2.24) is 5.32 Å². The number of aliphatic hydroxyl groups is 2. The molecule has 2 fully saturated rings. The summed E-state index contributed by atoms with van der Waals surface area (Å²) >= 11 is 0. The van der Waals surface area contributed by atoms with Crippen LogP contribution in [-0.4, -0.2) is 36.5 Å². The zero-order valence-electron chi connectivity index (χ0n) is 8.00. The highest BCUT2D eigenvalue weighted by molar-refractivity contribution is 4.99. The first-order valence-corrected chi connectivity index (χ1v) is 5.26. The van der Waals surface area contributed by atoms with Gasteiger partial charge in [0.25, 0.3) is 0 Å². The molecular formula is C10H19NO2. The number of hydrogen-bond donors (Lipinski definition) is 3. The zero-order chi connectivity index (χ0) is 9.31. The van der Waals surface area contributed by atoms with E-state index in [-0.39, 0.29) is 18.6 Å². The number of piperidine rings is 1. The van der Waals surface area contributed by atoms with Gasteiger partial charge in [0.2, 0.25) is 0 Å². The van der Waals surface area contributed by atoms with Crippen LogP contribution in [0.15, 0.2) is 0 Å². The molecule has 0 spiro atoms. The lowest BCUT2D eigenvalue weighted by Gasteiger charge is -2.51. The molecule has 3 heteroatoms. The van der Waals surface area contributed by atoms with E-state index in [1.807, 2.05) is 0 Å². The molecule has 2 unspecified atom stereocenters. The van der Waals surface area contributed by atoms with E-state index in [9.17, 15) is 10.2 Å². The quantitative estimate of drug-likeness (QED) is 0.566. The van der Waals surface area contributed by atoms with Crippen LogP contribution in [0, 0.1) is 17.3 Å². The normalized spacial score (nSPS) is 37.4. The Morgan fingerprint density at radius 3 is 2.00 bits per heavy atom. The monoisotopic (exact) mass is 185 g/mol. The van der Waals surface area contributed by atoms with Crippen LogP contribution >= 0.6 is 0 Å². The van der Waals surface area contributed by atoms with Gasteiger partial charge in [-0.3, -0.25) is 0 Å². The van der Waals surface area contributed by atoms with Crippen molar-refractivity contribution in [2.24, 2.45) is 17.3 Å². The van der Waals surface area contributed by atoms with Crippen LogP contribution in [0.25, 0.3) is 0 Å². The molecule has 3 N–H and O–H groups in total. The molecule has 1 saturated carbocycles. The van der Waals surface area contributed by atoms with Gasteiger partial charge in [0.1, 0.15) is 0 Å². The van der Waals surface area contributed by atoms with Crippen LogP contribution in [0.2, 0.25) is 0 Å². The average molecular weight is 185 g/mol. The summed E-state index contributed by atoms with van der Waals surface area (Å²) < 4.78 is 0. The van der Waals surface area contributed by atoms with Crippen molar-refractivity contribution in [1.29, 1.82) is 0 Å². The SMILES string of the molecule is OCC1(CO)C2CCCC1CNC2. The topological polar surface area (TPSA) is 52.5 Å². The molecule has 1 saturated heterocycles. The molecule has 1 heterocycles. The predicted octanol–water partition coefficient (Wildman–Crippen LogP) is -0.0231. The van der Waals surface area contributed by atoms with Gasteiger partial charge >= 0.3 is 0 Å². The van der Waals surface area contributed by atoms with E-state index in [2.05, 4.69) is 5.32 Å².